The molecule has 0 unspecified atom stereocenters. The lowest BCUT2D eigenvalue weighted by atomic mass is 10.0. The summed E-state index contributed by atoms with van der Waals surface area (Å²) in [4.78, 5) is 11.1. The van der Waals surface area contributed by atoms with Crippen LogP contribution in [0.25, 0.3) is 0 Å². The van der Waals surface area contributed by atoms with Crippen LogP contribution in [0, 0.1) is 5.92 Å². The Morgan fingerprint density at radius 3 is 2.76 bits per heavy atom. The van der Waals surface area contributed by atoms with Crippen LogP contribution >= 0.6 is 0 Å². The van der Waals surface area contributed by atoms with Crippen LogP contribution in [0.15, 0.2) is 23.1 Å². The van der Waals surface area contributed by atoms with Gasteiger partial charge in [0.2, 0.25) is 16.8 Å². The molecule has 0 spiro atoms. The number of carboxylic acid groups (broad SMARTS) is 1. The Morgan fingerprint density at radius 2 is 2.14 bits per heavy atom. The number of hydrogen-bond donors (Lipinski definition) is 2. The Hall–Kier alpha value is -1.80. The first-order valence-corrected chi connectivity index (χ1v) is 7.99. The minimum atomic E-state index is -4.02. The van der Waals surface area contributed by atoms with E-state index in [0.717, 1.165) is 0 Å². The number of hydrogen-bond acceptors (Lipinski definition) is 5. The standard InChI is InChI=1S/C13H17NO6S/c1-3-8(2)11(13(15)16)14-21(17,18)10-6-4-5-9-12(10)20-7-19-9/h4-6,8,11,14H,3,7H2,1-2H3,(H,15,16)/t8-,11-/m0/s1. The molecule has 0 fully saturated rings. The van der Waals surface area contributed by atoms with E-state index in [9.17, 15) is 18.3 Å². The summed E-state index contributed by atoms with van der Waals surface area (Å²) >= 11 is 0. The normalized spacial score (nSPS) is 16.5. The first-order valence-electron chi connectivity index (χ1n) is 6.50. The fraction of sp³-hybridized carbons (Fsp3) is 0.462. The molecule has 0 bridgehead atoms. The van der Waals surface area contributed by atoms with Gasteiger partial charge in [0.05, 0.1) is 0 Å². The Balaban J connectivity index is 2.35. The van der Waals surface area contributed by atoms with Crippen LogP contribution in [0.1, 0.15) is 20.3 Å². The van der Waals surface area contributed by atoms with Crippen LogP contribution in [0.4, 0.5) is 0 Å². The molecule has 0 amide bonds. The Bertz CT molecular complexity index is 642. The van der Waals surface area contributed by atoms with Gasteiger partial charge in [-0.15, -0.1) is 0 Å². The Morgan fingerprint density at radius 1 is 1.43 bits per heavy atom. The number of aliphatic carboxylic acids is 1. The van der Waals surface area contributed by atoms with Gasteiger partial charge in [0, 0.05) is 0 Å². The third kappa shape index (κ3) is 3.11. The second-order valence-corrected chi connectivity index (χ2v) is 6.50. The monoisotopic (exact) mass is 315 g/mol. The largest absolute Gasteiger partial charge is 0.480 e. The zero-order valence-electron chi connectivity index (χ0n) is 11.7. The predicted molar refractivity (Wildman–Crippen MR) is 73.8 cm³/mol. The van der Waals surface area contributed by atoms with Crippen LogP contribution in [0.5, 0.6) is 11.5 Å². The second kappa shape index (κ2) is 5.90. The van der Waals surface area contributed by atoms with Gasteiger partial charge in [0.15, 0.2) is 11.5 Å². The lowest BCUT2D eigenvalue weighted by molar-refractivity contribution is -0.140. The number of sulfonamides is 1. The van der Waals surface area contributed by atoms with Crippen molar-refractivity contribution in [1.29, 1.82) is 0 Å². The topological polar surface area (TPSA) is 102 Å². The number of rotatable bonds is 6. The fourth-order valence-electron chi connectivity index (χ4n) is 1.99. The Labute approximate surface area is 122 Å². The van der Waals surface area contributed by atoms with Gasteiger partial charge in [-0.3, -0.25) is 4.79 Å². The highest BCUT2D eigenvalue weighted by Crippen LogP contribution is 2.37. The van der Waals surface area contributed by atoms with Gasteiger partial charge < -0.3 is 14.6 Å². The average Bonchev–Trinajstić information content (AvgIpc) is 2.91. The van der Waals surface area contributed by atoms with Crippen molar-refractivity contribution in [3.8, 4) is 11.5 Å². The summed E-state index contributed by atoms with van der Waals surface area (Å²) in [6.07, 6.45) is 0.534. The summed E-state index contributed by atoms with van der Waals surface area (Å²) in [5, 5.41) is 9.20. The zero-order valence-corrected chi connectivity index (χ0v) is 12.5. The molecule has 0 saturated carbocycles. The molecular weight excluding hydrogens is 298 g/mol. The van der Waals surface area contributed by atoms with Crippen LogP contribution < -0.4 is 14.2 Å². The highest BCUT2D eigenvalue weighted by atomic mass is 32.2. The molecule has 116 valence electrons. The van der Waals surface area contributed by atoms with Gasteiger partial charge in [-0.1, -0.05) is 26.3 Å². The van der Waals surface area contributed by atoms with Crippen LogP contribution in [-0.4, -0.2) is 32.3 Å². The maximum absolute atomic E-state index is 12.4. The smallest absolute Gasteiger partial charge is 0.322 e. The summed E-state index contributed by atoms with van der Waals surface area (Å²) in [6.45, 7) is 3.41. The minimum Gasteiger partial charge on any atom is -0.480 e. The molecule has 8 heteroatoms. The lowest BCUT2D eigenvalue weighted by Crippen LogP contribution is -2.44. The maximum Gasteiger partial charge on any atom is 0.322 e. The molecule has 0 aromatic heterocycles. The molecule has 1 aliphatic heterocycles. The highest BCUT2D eigenvalue weighted by molar-refractivity contribution is 7.89. The molecule has 1 aromatic rings. The molecular formula is C13H17NO6S. The van der Waals surface area contributed by atoms with Gasteiger partial charge in [-0.25, -0.2) is 8.42 Å². The summed E-state index contributed by atoms with van der Waals surface area (Å²) < 4.78 is 37.3. The van der Waals surface area contributed by atoms with Crippen LogP contribution in [0.2, 0.25) is 0 Å². The van der Waals surface area contributed by atoms with E-state index in [4.69, 9.17) is 9.47 Å². The van der Waals surface area contributed by atoms with E-state index in [0.29, 0.717) is 12.2 Å². The maximum atomic E-state index is 12.4. The number of benzene rings is 1. The summed E-state index contributed by atoms with van der Waals surface area (Å²) in [6, 6.07) is 3.26. The quantitative estimate of drug-likeness (QED) is 0.817. The molecule has 2 rings (SSSR count). The molecule has 2 atom stereocenters. The SMILES string of the molecule is CC[C@H](C)[C@H](NS(=O)(=O)c1cccc2c1OCO2)C(=O)O. The average molecular weight is 315 g/mol. The highest BCUT2D eigenvalue weighted by Gasteiger charge is 2.32. The predicted octanol–water partition coefficient (Wildman–Crippen LogP) is 1.19. The van der Waals surface area contributed by atoms with E-state index in [1.165, 1.54) is 12.1 Å². The summed E-state index contributed by atoms with van der Waals surface area (Å²) in [5.41, 5.74) is 0. The first-order chi connectivity index (χ1) is 9.86. The van der Waals surface area contributed by atoms with Crippen molar-refractivity contribution in [3.63, 3.8) is 0 Å². The third-order valence-electron chi connectivity index (χ3n) is 3.41. The number of carbonyl (C=O) groups is 1. The summed E-state index contributed by atoms with van der Waals surface area (Å²) in [5.74, 6) is -1.12. The van der Waals surface area contributed by atoms with Gasteiger partial charge >= 0.3 is 5.97 Å². The van der Waals surface area contributed by atoms with Crippen LogP contribution in [-0.2, 0) is 14.8 Å². The number of ether oxygens (including phenoxy) is 2. The van der Waals surface area contributed by atoms with Gasteiger partial charge in [-0.2, -0.15) is 4.72 Å². The van der Waals surface area contributed by atoms with Gasteiger partial charge in [-0.05, 0) is 18.1 Å². The molecule has 1 aromatic carbocycles. The number of para-hydroxylation sites is 1. The molecule has 7 nitrogen and oxygen atoms in total. The molecule has 1 heterocycles. The molecule has 1 aliphatic rings. The zero-order chi connectivity index (χ0) is 15.6. The van der Waals surface area contributed by atoms with E-state index in [1.807, 2.05) is 0 Å². The number of nitrogens with one attached hydrogen (secondary N) is 1. The van der Waals surface area contributed by atoms with E-state index in [1.54, 1.807) is 19.9 Å². The molecule has 21 heavy (non-hydrogen) atoms. The van der Waals surface area contributed by atoms with Crippen molar-refractivity contribution in [2.24, 2.45) is 5.92 Å². The van der Waals surface area contributed by atoms with Crippen LogP contribution in [0.3, 0.4) is 0 Å². The number of fused-ring (bicyclic) bond motifs is 1. The van der Waals surface area contributed by atoms with Gasteiger partial charge in [0.25, 0.3) is 0 Å². The number of carboxylic acids is 1. The molecule has 0 aliphatic carbocycles. The van der Waals surface area contributed by atoms with Crippen molar-refractivity contribution < 1.29 is 27.8 Å². The second-order valence-electron chi connectivity index (χ2n) is 4.81. The van der Waals surface area contributed by atoms with Crippen molar-refractivity contribution >= 4 is 16.0 Å². The van der Waals surface area contributed by atoms with Crippen molar-refractivity contribution in [3.05, 3.63) is 18.2 Å². The van der Waals surface area contributed by atoms with E-state index < -0.39 is 22.0 Å². The van der Waals surface area contributed by atoms with E-state index in [2.05, 4.69) is 4.72 Å². The summed E-state index contributed by atoms with van der Waals surface area (Å²) in [7, 11) is -4.02. The Kier molecular flexibility index (Phi) is 4.38. The fourth-order valence-corrected chi connectivity index (χ4v) is 3.45. The van der Waals surface area contributed by atoms with Gasteiger partial charge in [0.1, 0.15) is 10.9 Å². The first kappa shape index (κ1) is 15.6. The molecule has 2 N–H and O–H groups in total. The molecule has 0 radical (unpaired) electrons. The van der Waals surface area contributed by atoms with E-state index >= 15 is 0 Å². The van der Waals surface area contributed by atoms with Crippen molar-refractivity contribution in [2.45, 2.75) is 31.2 Å². The third-order valence-corrected chi connectivity index (χ3v) is 4.88. The minimum absolute atomic E-state index is 0.0599. The van der Waals surface area contributed by atoms with E-state index in [-0.39, 0.29) is 23.4 Å². The molecule has 0 saturated heterocycles. The lowest BCUT2D eigenvalue weighted by Gasteiger charge is -2.20. The van der Waals surface area contributed by atoms with Crippen molar-refractivity contribution in [1.82, 2.24) is 4.72 Å². The van der Waals surface area contributed by atoms with Crippen molar-refractivity contribution in [2.75, 3.05) is 6.79 Å².